The van der Waals surface area contributed by atoms with Crippen LogP contribution in [-0.4, -0.2) is 25.7 Å². The van der Waals surface area contributed by atoms with Crippen LogP contribution in [0.15, 0.2) is 47.2 Å². The van der Waals surface area contributed by atoms with E-state index in [-0.39, 0.29) is 0 Å². The molecule has 0 saturated carbocycles. The normalized spacial score (nSPS) is 12.2. The first-order chi connectivity index (χ1) is 12.0. The minimum atomic E-state index is -0.501. The number of nitrogens with zero attached hydrogens (tertiary/aromatic N) is 3. The zero-order valence-electron chi connectivity index (χ0n) is 13.3. The molecule has 6 nitrogen and oxygen atoms in total. The van der Waals surface area contributed by atoms with Gasteiger partial charge in [-0.3, -0.25) is 9.89 Å². The lowest BCUT2D eigenvalue weighted by atomic mass is 10.0. The summed E-state index contributed by atoms with van der Waals surface area (Å²) < 4.78 is 2.91. The minimum Gasteiger partial charge on any atom is -0.366 e. The highest BCUT2D eigenvalue weighted by Crippen LogP contribution is 2.31. The van der Waals surface area contributed by atoms with Gasteiger partial charge in [-0.05, 0) is 36.4 Å². The average Bonchev–Trinajstić information content (AvgIpc) is 3.14. The van der Waals surface area contributed by atoms with Crippen LogP contribution < -0.4 is 5.73 Å². The Hall–Kier alpha value is -2.93. The Kier molecular flexibility index (Phi) is 3.65. The quantitative estimate of drug-likeness (QED) is 0.521. The zero-order chi connectivity index (χ0) is 17.6. The van der Waals surface area contributed by atoms with E-state index in [1.807, 2.05) is 48.1 Å². The van der Waals surface area contributed by atoms with E-state index in [4.69, 9.17) is 5.73 Å². The number of pyridine rings is 1. The zero-order valence-corrected chi connectivity index (χ0v) is 14.9. The maximum atomic E-state index is 12.2. The number of H-pyrrole nitrogens is 1. The lowest BCUT2D eigenvalue weighted by Crippen LogP contribution is -2.12. The largest absolute Gasteiger partial charge is 0.366 e. The first kappa shape index (κ1) is 15.6. The van der Waals surface area contributed by atoms with E-state index in [2.05, 4.69) is 31.1 Å². The third-order valence-electron chi connectivity index (χ3n) is 4.15. The van der Waals surface area contributed by atoms with Crippen molar-refractivity contribution in [3.63, 3.8) is 0 Å². The number of hydrogen-bond acceptors (Lipinski definition) is 3. The van der Waals surface area contributed by atoms with Crippen LogP contribution in [0.3, 0.4) is 0 Å². The number of carbonyl (C=O) groups is 1. The van der Waals surface area contributed by atoms with Crippen molar-refractivity contribution in [3.8, 4) is 0 Å². The molecule has 0 saturated heterocycles. The molecule has 0 bridgehead atoms. The number of fused-ring (bicyclic) bond motifs is 2. The number of carbonyl (C=O) groups excluding carboxylic acids is 1. The molecule has 0 radical (unpaired) electrons. The van der Waals surface area contributed by atoms with Crippen molar-refractivity contribution < 1.29 is 4.79 Å². The number of rotatable bonds is 3. The molecule has 0 aliphatic rings. The number of aromatic amines is 1. The smallest absolute Gasteiger partial charge is 0.249 e. The fourth-order valence-corrected chi connectivity index (χ4v) is 3.35. The first-order valence-corrected chi connectivity index (χ1v) is 8.39. The second-order valence-corrected chi connectivity index (χ2v) is 6.66. The van der Waals surface area contributed by atoms with Gasteiger partial charge in [-0.1, -0.05) is 15.9 Å². The maximum absolute atomic E-state index is 12.2. The van der Waals surface area contributed by atoms with E-state index in [1.165, 1.54) is 0 Å². The fraction of sp³-hybridized carbons (Fsp3) is 0.0556. The van der Waals surface area contributed by atoms with Gasteiger partial charge in [0.15, 0.2) is 5.65 Å². The number of aromatic nitrogens is 4. The second-order valence-electron chi connectivity index (χ2n) is 5.75. The lowest BCUT2D eigenvalue weighted by molar-refractivity contribution is -0.112. The van der Waals surface area contributed by atoms with Crippen LogP contribution in [0.4, 0.5) is 0 Å². The third-order valence-corrected chi connectivity index (χ3v) is 4.65. The summed E-state index contributed by atoms with van der Waals surface area (Å²) in [7, 11) is 1.94. The molecule has 3 heterocycles. The minimum absolute atomic E-state index is 0.415. The first-order valence-electron chi connectivity index (χ1n) is 7.60. The molecule has 0 atom stereocenters. The van der Waals surface area contributed by atoms with Crippen molar-refractivity contribution in [2.24, 2.45) is 12.8 Å². The topological polar surface area (TPSA) is 89.6 Å². The van der Waals surface area contributed by atoms with Crippen LogP contribution in [0.5, 0.6) is 0 Å². The SMILES string of the molecule is Cn1cc(C(=Cc2[nH]nc3ncccc23)C(N)=O)c2cc(Br)ccc21. The number of aryl methyl sites for hydroxylation is 1. The summed E-state index contributed by atoms with van der Waals surface area (Å²) in [5, 5.41) is 8.87. The summed E-state index contributed by atoms with van der Waals surface area (Å²) in [6.45, 7) is 0. The Labute approximate surface area is 151 Å². The Balaban J connectivity index is 1.97. The van der Waals surface area contributed by atoms with Crippen molar-refractivity contribution >= 4 is 55.4 Å². The summed E-state index contributed by atoms with van der Waals surface area (Å²) in [6, 6.07) is 9.67. The molecule has 25 heavy (non-hydrogen) atoms. The molecule has 1 aromatic carbocycles. The second kappa shape index (κ2) is 5.86. The van der Waals surface area contributed by atoms with E-state index in [1.54, 1.807) is 12.3 Å². The maximum Gasteiger partial charge on any atom is 0.249 e. The molecular weight excluding hydrogens is 382 g/mol. The highest BCUT2D eigenvalue weighted by Gasteiger charge is 2.17. The Bertz CT molecular complexity index is 1150. The van der Waals surface area contributed by atoms with Gasteiger partial charge < -0.3 is 10.3 Å². The summed E-state index contributed by atoms with van der Waals surface area (Å²) in [4.78, 5) is 16.4. The molecule has 0 unspecified atom stereocenters. The molecule has 0 aliphatic carbocycles. The summed E-state index contributed by atoms with van der Waals surface area (Å²) in [6.07, 6.45) is 5.31. The van der Waals surface area contributed by atoms with Crippen LogP contribution >= 0.6 is 15.9 Å². The van der Waals surface area contributed by atoms with Crippen molar-refractivity contribution in [2.45, 2.75) is 0 Å². The predicted octanol–water partition coefficient (Wildman–Crippen LogP) is 3.24. The van der Waals surface area contributed by atoms with Crippen molar-refractivity contribution in [3.05, 3.63) is 58.5 Å². The van der Waals surface area contributed by atoms with Gasteiger partial charge in [0.05, 0.1) is 11.3 Å². The number of benzene rings is 1. The Morgan fingerprint density at radius 1 is 1.32 bits per heavy atom. The summed E-state index contributed by atoms with van der Waals surface area (Å²) in [5.74, 6) is -0.501. The fourth-order valence-electron chi connectivity index (χ4n) is 2.98. The van der Waals surface area contributed by atoms with E-state index < -0.39 is 5.91 Å². The van der Waals surface area contributed by atoms with Crippen LogP contribution in [-0.2, 0) is 11.8 Å². The van der Waals surface area contributed by atoms with Crippen molar-refractivity contribution in [1.82, 2.24) is 19.7 Å². The highest BCUT2D eigenvalue weighted by molar-refractivity contribution is 9.10. The number of nitrogens with two attached hydrogens (primary N) is 1. The molecule has 0 fully saturated rings. The van der Waals surface area contributed by atoms with Gasteiger partial charge in [-0.25, -0.2) is 4.98 Å². The lowest BCUT2D eigenvalue weighted by Gasteiger charge is -2.02. The standard InChI is InChI=1S/C18H14BrN5O/c1-24-9-14(12-7-10(19)4-5-16(12)24)13(17(20)25)8-15-11-3-2-6-21-18(11)23-22-15/h2-9H,1H3,(H2,20,25)(H,21,22,23). The van der Waals surface area contributed by atoms with Gasteiger partial charge in [0.2, 0.25) is 5.91 Å². The van der Waals surface area contributed by atoms with Crippen molar-refractivity contribution in [1.29, 1.82) is 0 Å². The van der Waals surface area contributed by atoms with Gasteiger partial charge in [-0.2, -0.15) is 5.10 Å². The van der Waals surface area contributed by atoms with Gasteiger partial charge in [0.25, 0.3) is 0 Å². The molecule has 3 aromatic heterocycles. The van der Waals surface area contributed by atoms with Crippen LogP contribution in [0.1, 0.15) is 11.3 Å². The van der Waals surface area contributed by atoms with E-state index in [0.29, 0.717) is 16.9 Å². The van der Waals surface area contributed by atoms with Gasteiger partial charge in [0, 0.05) is 45.8 Å². The molecule has 4 rings (SSSR count). The van der Waals surface area contributed by atoms with E-state index in [0.717, 1.165) is 26.3 Å². The molecule has 4 aromatic rings. The predicted molar refractivity (Wildman–Crippen MR) is 102 cm³/mol. The number of amides is 1. The molecule has 7 heteroatoms. The van der Waals surface area contributed by atoms with E-state index in [9.17, 15) is 4.79 Å². The number of hydrogen-bond donors (Lipinski definition) is 2. The third kappa shape index (κ3) is 2.62. The highest BCUT2D eigenvalue weighted by atomic mass is 79.9. The molecule has 124 valence electrons. The molecule has 1 amide bonds. The van der Waals surface area contributed by atoms with Crippen LogP contribution in [0.2, 0.25) is 0 Å². The average molecular weight is 396 g/mol. The Morgan fingerprint density at radius 3 is 2.96 bits per heavy atom. The molecule has 0 aliphatic heterocycles. The number of nitrogens with one attached hydrogen (secondary N) is 1. The summed E-state index contributed by atoms with van der Waals surface area (Å²) in [5.41, 5.74) is 9.19. The van der Waals surface area contributed by atoms with E-state index >= 15 is 0 Å². The molecular formula is C18H14BrN5O. The molecule has 0 spiro atoms. The summed E-state index contributed by atoms with van der Waals surface area (Å²) >= 11 is 3.49. The van der Waals surface area contributed by atoms with Gasteiger partial charge in [-0.15, -0.1) is 0 Å². The Morgan fingerprint density at radius 2 is 2.16 bits per heavy atom. The number of halogens is 1. The monoisotopic (exact) mass is 395 g/mol. The van der Waals surface area contributed by atoms with Gasteiger partial charge >= 0.3 is 0 Å². The molecule has 3 N–H and O–H groups in total. The van der Waals surface area contributed by atoms with Crippen LogP contribution in [0.25, 0.3) is 33.6 Å². The van der Waals surface area contributed by atoms with Crippen molar-refractivity contribution in [2.75, 3.05) is 0 Å². The number of primary amides is 1. The van der Waals surface area contributed by atoms with Gasteiger partial charge in [0.1, 0.15) is 0 Å². The van der Waals surface area contributed by atoms with Crippen LogP contribution in [0, 0.1) is 0 Å².